The summed E-state index contributed by atoms with van der Waals surface area (Å²) in [5, 5.41) is 8.18. The molecule has 4 heteroatoms. The molecule has 0 amide bonds. The Morgan fingerprint density at radius 2 is 1.72 bits per heavy atom. The van der Waals surface area contributed by atoms with Crippen molar-refractivity contribution >= 4 is 0 Å². The van der Waals surface area contributed by atoms with Gasteiger partial charge in [0, 0.05) is 25.2 Å². The van der Waals surface area contributed by atoms with E-state index in [0.717, 1.165) is 25.0 Å². The minimum absolute atomic E-state index is 0.152. The van der Waals surface area contributed by atoms with E-state index in [1.165, 1.54) is 6.42 Å². The molecule has 0 spiro atoms. The Morgan fingerprint density at radius 1 is 1.17 bits per heavy atom. The average molecular weight is 250 g/mol. The van der Waals surface area contributed by atoms with Crippen molar-refractivity contribution < 1.29 is 0 Å². The Balaban J connectivity index is 2.19. The normalized spacial score (nSPS) is 25.0. The molecule has 1 aromatic rings. The summed E-state index contributed by atoms with van der Waals surface area (Å²) in [5.74, 6) is 0. The Labute approximate surface area is 110 Å². The molecule has 0 saturated heterocycles. The van der Waals surface area contributed by atoms with Gasteiger partial charge in [-0.05, 0) is 30.1 Å². The molecule has 102 valence electrons. The van der Waals surface area contributed by atoms with E-state index in [2.05, 4.69) is 38.0 Å². The van der Waals surface area contributed by atoms with E-state index < -0.39 is 0 Å². The van der Waals surface area contributed by atoms with Crippen LogP contribution in [0.2, 0.25) is 0 Å². The standard InChI is InChI=1S/C14H26N4/c1-12(2)8-13(3,4)10-14(15,9-12)6-11-7-18(5)17-16-11/h7H,6,8-10,15H2,1-5H3. The zero-order valence-corrected chi connectivity index (χ0v) is 12.3. The van der Waals surface area contributed by atoms with Gasteiger partial charge in [-0.3, -0.25) is 4.68 Å². The van der Waals surface area contributed by atoms with Gasteiger partial charge < -0.3 is 5.73 Å². The second-order valence-corrected chi connectivity index (χ2v) is 7.78. The van der Waals surface area contributed by atoms with Crippen LogP contribution in [0.25, 0.3) is 0 Å². The SMILES string of the molecule is Cn1cc(CC2(N)CC(C)(C)CC(C)(C)C2)nn1. The van der Waals surface area contributed by atoms with Gasteiger partial charge in [0.15, 0.2) is 0 Å². The molecule has 1 aliphatic carbocycles. The van der Waals surface area contributed by atoms with E-state index in [1.54, 1.807) is 4.68 Å². The van der Waals surface area contributed by atoms with Gasteiger partial charge in [0.1, 0.15) is 0 Å². The van der Waals surface area contributed by atoms with Crippen LogP contribution in [-0.4, -0.2) is 20.5 Å². The first-order valence-corrected chi connectivity index (χ1v) is 6.73. The monoisotopic (exact) mass is 250 g/mol. The molecule has 18 heavy (non-hydrogen) atoms. The van der Waals surface area contributed by atoms with Crippen LogP contribution in [0.15, 0.2) is 6.20 Å². The molecule has 1 aromatic heterocycles. The quantitative estimate of drug-likeness (QED) is 0.876. The summed E-state index contributed by atoms with van der Waals surface area (Å²) in [6.45, 7) is 9.30. The largest absolute Gasteiger partial charge is 0.325 e. The molecule has 1 heterocycles. The highest BCUT2D eigenvalue weighted by Gasteiger charge is 2.45. The number of nitrogens with two attached hydrogens (primary N) is 1. The Morgan fingerprint density at radius 3 is 2.17 bits per heavy atom. The van der Waals surface area contributed by atoms with Crippen molar-refractivity contribution in [2.45, 2.75) is 58.9 Å². The van der Waals surface area contributed by atoms with E-state index in [-0.39, 0.29) is 5.54 Å². The first-order chi connectivity index (χ1) is 8.09. The summed E-state index contributed by atoms with van der Waals surface area (Å²) >= 11 is 0. The van der Waals surface area contributed by atoms with Crippen molar-refractivity contribution in [3.8, 4) is 0 Å². The molecule has 4 nitrogen and oxygen atoms in total. The van der Waals surface area contributed by atoms with Gasteiger partial charge in [-0.25, -0.2) is 0 Å². The van der Waals surface area contributed by atoms with Gasteiger partial charge in [0.05, 0.1) is 5.69 Å². The van der Waals surface area contributed by atoms with Crippen LogP contribution in [0.5, 0.6) is 0 Å². The summed E-state index contributed by atoms with van der Waals surface area (Å²) in [6.07, 6.45) is 6.15. The topological polar surface area (TPSA) is 56.7 Å². The third kappa shape index (κ3) is 3.10. The van der Waals surface area contributed by atoms with Crippen LogP contribution < -0.4 is 5.73 Å². The summed E-state index contributed by atoms with van der Waals surface area (Å²) in [4.78, 5) is 0. The zero-order chi connectivity index (χ0) is 13.6. The molecule has 0 unspecified atom stereocenters. The van der Waals surface area contributed by atoms with E-state index in [4.69, 9.17) is 5.73 Å². The van der Waals surface area contributed by atoms with Crippen molar-refractivity contribution in [3.63, 3.8) is 0 Å². The number of aryl methyl sites for hydroxylation is 1. The van der Waals surface area contributed by atoms with Gasteiger partial charge >= 0.3 is 0 Å². The Hall–Kier alpha value is -0.900. The Kier molecular flexibility index (Phi) is 3.05. The number of hydrogen-bond donors (Lipinski definition) is 1. The molecule has 1 saturated carbocycles. The number of hydrogen-bond acceptors (Lipinski definition) is 3. The van der Waals surface area contributed by atoms with Crippen molar-refractivity contribution in [2.24, 2.45) is 23.6 Å². The predicted octanol–water partition coefficient (Wildman–Crippen LogP) is 2.29. The zero-order valence-electron chi connectivity index (χ0n) is 12.3. The van der Waals surface area contributed by atoms with Gasteiger partial charge in [0.25, 0.3) is 0 Å². The van der Waals surface area contributed by atoms with Crippen LogP contribution in [0.4, 0.5) is 0 Å². The predicted molar refractivity (Wildman–Crippen MR) is 73.0 cm³/mol. The van der Waals surface area contributed by atoms with Crippen LogP contribution in [0, 0.1) is 10.8 Å². The fourth-order valence-electron chi connectivity index (χ4n) is 4.35. The molecule has 0 radical (unpaired) electrons. The van der Waals surface area contributed by atoms with Crippen molar-refractivity contribution in [1.82, 2.24) is 15.0 Å². The second kappa shape index (κ2) is 4.05. The first-order valence-electron chi connectivity index (χ1n) is 6.73. The maximum atomic E-state index is 6.67. The number of nitrogens with zero attached hydrogens (tertiary/aromatic N) is 3. The molecule has 0 aliphatic heterocycles. The Bertz CT molecular complexity index is 415. The second-order valence-electron chi connectivity index (χ2n) is 7.78. The van der Waals surface area contributed by atoms with Crippen LogP contribution in [0.1, 0.15) is 52.7 Å². The number of aromatic nitrogens is 3. The summed E-state index contributed by atoms with van der Waals surface area (Å²) in [5.41, 5.74) is 8.14. The lowest BCUT2D eigenvalue weighted by Crippen LogP contribution is -2.53. The third-order valence-corrected chi connectivity index (χ3v) is 3.80. The minimum atomic E-state index is -0.152. The molecule has 1 aliphatic rings. The first kappa shape index (κ1) is 13.5. The van der Waals surface area contributed by atoms with Crippen molar-refractivity contribution in [3.05, 3.63) is 11.9 Å². The fourth-order valence-corrected chi connectivity index (χ4v) is 4.35. The van der Waals surface area contributed by atoms with Crippen molar-refractivity contribution in [2.75, 3.05) is 0 Å². The molecular formula is C14H26N4. The van der Waals surface area contributed by atoms with Gasteiger partial charge in [-0.1, -0.05) is 32.9 Å². The minimum Gasteiger partial charge on any atom is -0.325 e. The van der Waals surface area contributed by atoms with E-state index in [9.17, 15) is 0 Å². The summed E-state index contributed by atoms with van der Waals surface area (Å²) in [7, 11) is 1.90. The highest BCUT2D eigenvalue weighted by molar-refractivity contribution is 5.08. The summed E-state index contributed by atoms with van der Waals surface area (Å²) in [6, 6.07) is 0. The van der Waals surface area contributed by atoms with Gasteiger partial charge in [-0.2, -0.15) is 0 Å². The molecule has 2 rings (SSSR count). The molecule has 0 atom stereocenters. The van der Waals surface area contributed by atoms with Gasteiger partial charge in [-0.15, -0.1) is 5.10 Å². The van der Waals surface area contributed by atoms with Gasteiger partial charge in [0.2, 0.25) is 0 Å². The number of rotatable bonds is 2. The third-order valence-electron chi connectivity index (χ3n) is 3.80. The fraction of sp³-hybridized carbons (Fsp3) is 0.857. The molecule has 2 N–H and O–H groups in total. The highest BCUT2D eigenvalue weighted by atomic mass is 15.4. The molecule has 1 fully saturated rings. The van der Waals surface area contributed by atoms with Crippen LogP contribution in [0.3, 0.4) is 0 Å². The average Bonchev–Trinajstić information content (AvgIpc) is 2.42. The maximum absolute atomic E-state index is 6.67. The maximum Gasteiger partial charge on any atom is 0.0845 e. The molecule has 0 aromatic carbocycles. The highest BCUT2D eigenvalue weighted by Crippen LogP contribution is 2.49. The lowest BCUT2D eigenvalue weighted by Gasteiger charge is -2.50. The lowest BCUT2D eigenvalue weighted by atomic mass is 9.58. The molecule has 0 bridgehead atoms. The van der Waals surface area contributed by atoms with E-state index >= 15 is 0 Å². The van der Waals surface area contributed by atoms with E-state index in [1.807, 2.05) is 13.2 Å². The van der Waals surface area contributed by atoms with Crippen LogP contribution in [-0.2, 0) is 13.5 Å². The van der Waals surface area contributed by atoms with E-state index in [0.29, 0.717) is 10.8 Å². The lowest BCUT2D eigenvalue weighted by molar-refractivity contribution is 0.0483. The molecular weight excluding hydrogens is 224 g/mol. The summed E-state index contributed by atoms with van der Waals surface area (Å²) < 4.78 is 1.75. The smallest absolute Gasteiger partial charge is 0.0845 e. The van der Waals surface area contributed by atoms with Crippen LogP contribution >= 0.6 is 0 Å². The van der Waals surface area contributed by atoms with Crippen molar-refractivity contribution in [1.29, 1.82) is 0 Å².